The van der Waals surface area contributed by atoms with Gasteiger partial charge in [-0.15, -0.1) is 0 Å². The van der Waals surface area contributed by atoms with E-state index in [-0.39, 0.29) is 5.78 Å². The topological polar surface area (TPSA) is 26.3 Å². The molecule has 1 rings (SSSR count). The van der Waals surface area contributed by atoms with Crippen LogP contribution >= 0.6 is 0 Å². The highest BCUT2D eigenvalue weighted by molar-refractivity contribution is 5.96. The first kappa shape index (κ1) is 11.8. The fourth-order valence-corrected chi connectivity index (χ4v) is 1.66. The van der Waals surface area contributed by atoms with Gasteiger partial charge in [-0.05, 0) is 50.5 Å². The van der Waals surface area contributed by atoms with Crippen LogP contribution in [0.1, 0.15) is 42.3 Å². The van der Waals surface area contributed by atoms with E-state index in [9.17, 15) is 4.79 Å². The molecule has 2 nitrogen and oxygen atoms in total. The van der Waals surface area contributed by atoms with Crippen molar-refractivity contribution in [2.24, 2.45) is 0 Å². The Morgan fingerprint density at radius 2 is 2.00 bits per heavy atom. The van der Waals surface area contributed by atoms with E-state index < -0.39 is 0 Å². The number of Topliss-reactive ketones (excluding diaryl/α,β-unsaturated/α-hetero) is 1. The molecule has 0 atom stereocenters. The molecule has 0 amide bonds. The molecular formula is C13H18O2. The molecule has 0 radical (unpaired) electrons. The van der Waals surface area contributed by atoms with Crippen LogP contribution in [0.4, 0.5) is 0 Å². The van der Waals surface area contributed by atoms with E-state index in [1.54, 1.807) is 6.92 Å². The maximum absolute atomic E-state index is 11.4. The number of ether oxygens (including phenoxy) is 1. The largest absolute Gasteiger partial charge is 0.494 e. The zero-order valence-corrected chi connectivity index (χ0v) is 9.89. The summed E-state index contributed by atoms with van der Waals surface area (Å²) in [6, 6.07) is 3.90. The van der Waals surface area contributed by atoms with Crippen molar-refractivity contribution in [3.63, 3.8) is 0 Å². The predicted molar refractivity (Wildman–Crippen MR) is 61.7 cm³/mol. The van der Waals surface area contributed by atoms with E-state index in [1.807, 2.05) is 32.9 Å². The summed E-state index contributed by atoms with van der Waals surface area (Å²) in [4.78, 5) is 11.4. The highest BCUT2D eigenvalue weighted by Crippen LogP contribution is 2.24. The maximum atomic E-state index is 11.4. The van der Waals surface area contributed by atoms with Gasteiger partial charge in [0.05, 0.1) is 6.61 Å². The lowest BCUT2D eigenvalue weighted by Gasteiger charge is -2.12. The minimum atomic E-state index is 0.123. The predicted octanol–water partition coefficient (Wildman–Crippen LogP) is 3.16. The van der Waals surface area contributed by atoms with Crippen LogP contribution in [0.15, 0.2) is 12.1 Å². The number of rotatable bonds is 4. The van der Waals surface area contributed by atoms with Gasteiger partial charge in [0.25, 0.3) is 0 Å². The Morgan fingerprint density at radius 3 is 2.47 bits per heavy atom. The fraction of sp³-hybridized carbons (Fsp3) is 0.462. The second-order valence-electron chi connectivity index (χ2n) is 3.62. The van der Waals surface area contributed by atoms with E-state index >= 15 is 0 Å². The first-order valence-corrected chi connectivity index (χ1v) is 5.37. The van der Waals surface area contributed by atoms with Crippen molar-refractivity contribution in [2.75, 3.05) is 6.61 Å². The smallest absolute Gasteiger partial charge is 0.160 e. The van der Waals surface area contributed by atoms with Crippen LogP contribution in [-0.4, -0.2) is 12.4 Å². The SMILES string of the molecule is CCOc1cc(CC)c(C(C)=O)cc1C. The molecular weight excluding hydrogens is 188 g/mol. The molecule has 1 aromatic carbocycles. The van der Waals surface area contributed by atoms with Crippen molar-refractivity contribution < 1.29 is 9.53 Å². The van der Waals surface area contributed by atoms with Gasteiger partial charge >= 0.3 is 0 Å². The molecule has 0 saturated heterocycles. The summed E-state index contributed by atoms with van der Waals surface area (Å²) >= 11 is 0. The van der Waals surface area contributed by atoms with Crippen LogP contribution in [0.25, 0.3) is 0 Å². The van der Waals surface area contributed by atoms with Crippen LogP contribution < -0.4 is 4.74 Å². The van der Waals surface area contributed by atoms with E-state index in [0.717, 1.165) is 28.9 Å². The van der Waals surface area contributed by atoms with Crippen molar-refractivity contribution in [1.29, 1.82) is 0 Å². The van der Waals surface area contributed by atoms with Crippen molar-refractivity contribution in [2.45, 2.75) is 34.1 Å². The molecule has 0 bridgehead atoms. The monoisotopic (exact) mass is 206 g/mol. The molecule has 1 aromatic rings. The molecule has 82 valence electrons. The first-order valence-electron chi connectivity index (χ1n) is 5.37. The normalized spacial score (nSPS) is 10.1. The third-order valence-corrected chi connectivity index (χ3v) is 2.46. The molecule has 0 spiro atoms. The Morgan fingerprint density at radius 1 is 1.33 bits per heavy atom. The summed E-state index contributed by atoms with van der Waals surface area (Å²) in [5, 5.41) is 0. The Kier molecular flexibility index (Phi) is 3.89. The summed E-state index contributed by atoms with van der Waals surface area (Å²) in [6.45, 7) is 8.24. The zero-order valence-electron chi connectivity index (χ0n) is 9.89. The van der Waals surface area contributed by atoms with Gasteiger partial charge in [-0.2, -0.15) is 0 Å². The van der Waals surface area contributed by atoms with Crippen molar-refractivity contribution in [1.82, 2.24) is 0 Å². The molecule has 0 N–H and O–H groups in total. The molecule has 0 aromatic heterocycles. The van der Waals surface area contributed by atoms with Crippen LogP contribution in [0, 0.1) is 6.92 Å². The highest BCUT2D eigenvalue weighted by Gasteiger charge is 2.10. The second-order valence-corrected chi connectivity index (χ2v) is 3.62. The van der Waals surface area contributed by atoms with Gasteiger partial charge in [0, 0.05) is 5.56 Å². The molecule has 2 heteroatoms. The molecule has 0 heterocycles. The van der Waals surface area contributed by atoms with Gasteiger partial charge in [0.15, 0.2) is 5.78 Å². The number of hydrogen-bond acceptors (Lipinski definition) is 2. The van der Waals surface area contributed by atoms with Gasteiger partial charge < -0.3 is 4.74 Å². The van der Waals surface area contributed by atoms with Crippen LogP contribution in [0.5, 0.6) is 5.75 Å². The van der Waals surface area contributed by atoms with Gasteiger partial charge in [-0.1, -0.05) is 6.92 Å². The average Bonchev–Trinajstić information content (AvgIpc) is 2.20. The lowest BCUT2D eigenvalue weighted by Crippen LogP contribution is -2.02. The summed E-state index contributed by atoms with van der Waals surface area (Å²) in [7, 11) is 0. The molecule has 0 saturated carbocycles. The third-order valence-electron chi connectivity index (χ3n) is 2.46. The Hall–Kier alpha value is -1.31. The standard InChI is InChI=1S/C13H18O2/c1-5-11-8-13(15-6-2)9(3)7-12(11)10(4)14/h7-8H,5-6H2,1-4H3. The Bertz CT molecular complexity index is 367. The molecule has 0 fully saturated rings. The minimum absolute atomic E-state index is 0.123. The van der Waals surface area contributed by atoms with Gasteiger partial charge in [0.2, 0.25) is 0 Å². The van der Waals surface area contributed by atoms with E-state index in [0.29, 0.717) is 6.61 Å². The van der Waals surface area contributed by atoms with Crippen molar-refractivity contribution in [3.05, 3.63) is 28.8 Å². The van der Waals surface area contributed by atoms with E-state index in [2.05, 4.69) is 0 Å². The molecule has 0 unspecified atom stereocenters. The van der Waals surface area contributed by atoms with Crippen LogP contribution in [0.2, 0.25) is 0 Å². The zero-order chi connectivity index (χ0) is 11.4. The van der Waals surface area contributed by atoms with E-state index in [4.69, 9.17) is 4.74 Å². The summed E-state index contributed by atoms with van der Waals surface area (Å²) in [6.07, 6.45) is 0.856. The summed E-state index contributed by atoms with van der Waals surface area (Å²) < 4.78 is 5.50. The third kappa shape index (κ3) is 2.58. The number of benzene rings is 1. The molecule has 0 aliphatic carbocycles. The molecule has 0 aliphatic rings. The Balaban J connectivity index is 3.22. The Labute approximate surface area is 91.3 Å². The number of carbonyl (C=O) groups is 1. The quantitative estimate of drug-likeness (QED) is 0.707. The lowest BCUT2D eigenvalue weighted by molar-refractivity contribution is 0.101. The second kappa shape index (κ2) is 4.96. The highest BCUT2D eigenvalue weighted by atomic mass is 16.5. The number of ketones is 1. The van der Waals surface area contributed by atoms with Gasteiger partial charge in [-0.25, -0.2) is 0 Å². The van der Waals surface area contributed by atoms with E-state index in [1.165, 1.54) is 0 Å². The number of aryl methyl sites for hydroxylation is 2. The first-order chi connectivity index (χ1) is 7.10. The van der Waals surface area contributed by atoms with Crippen molar-refractivity contribution >= 4 is 5.78 Å². The fourth-order valence-electron chi connectivity index (χ4n) is 1.66. The maximum Gasteiger partial charge on any atom is 0.160 e. The minimum Gasteiger partial charge on any atom is -0.494 e. The number of carbonyl (C=O) groups excluding carboxylic acids is 1. The average molecular weight is 206 g/mol. The van der Waals surface area contributed by atoms with Crippen LogP contribution in [-0.2, 0) is 6.42 Å². The summed E-state index contributed by atoms with van der Waals surface area (Å²) in [5.74, 6) is 1.01. The van der Waals surface area contributed by atoms with Gasteiger partial charge in [0.1, 0.15) is 5.75 Å². The van der Waals surface area contributed by atoms with Crippen LogP contribution in [0.3, 0.4) is 0 Å². The number of hydrogen-bond donors (Lipinski definition) is 0. The molecule has 0 aliphatic heterocycles. The van der Waals surface area contributed by atoms with Gasteiger partial charge in [-0.3, -0.25) is 4.79 Å². The lowest BCUT2D eigenvalue weighted by atomic mass is 9.99. The summed E-state index contributed by atoms with van der Waals surface area (Å²) in [5.41, 5.74) is 2.91. The molecule has 15 heavy (non-hydrogen) atoms. The van der Waals surface area contributed by atoms with Crippen molar-refractivity contribution in [3.8, 4) is 5.75 Å².